The molecule has 2 aromatic carbocycles. The molecule has 32 heavy (non-hydrogen) atoms. The Morgan fingerprint density at radius 2 is 1.66 bits per heavy atom. The van der Waals surface area contributed by atoms with Gasteiger partial charge >= 0.3 is 0 Å². The minimum Gasteiger partial charge on any atom is -0.349 e. The lowest BCUT2D eigenvalue weighted by Crippen LogP contribution is -2.35. The van der Waals surface area contributed by atoms with Gasteiger partial charge in [-0.25, -0.2) is 0 Å². The number of anilines is 1. The largest absolute Gasteiger partial charge is 0.349 e. The summed E-state index contributed by atoms with van der Waals surface area (Å²) in [6.45, 7) is 5.42. The van der Waals surface area contributed by atoms with E-state index < -0.39 is 0 Å². The highest BCUT2D eigenvalue weighted by Crippen LogP contribution is 2.30. The number of carbonyl (C=O) groups is 2. The van der Waals surface area contributed by atoms with Crippen LogP contribution in [-0.2, 0) is 11.3 Å². The SMILES string of the molecule is CC(=O)N1CCCCCCCN(C(=O)c2[nH]c3c(Cl)cccc3c2C)Cc2ccccc21. The predicted octanol–water partition coefficient (Wildman–Crippen LogP) is 6.09. The van der Waals surface area contributed by atoms with Gasteiger partial charge < -0.3 is 14.8 Å². The third-order valence-electron chi connectivity index (χ3n) is 6.38. The molecule has 0 aliphatic carbocycles. The quantitative estimate of drug-likeness (QED) is 0.486. The first-order chi connectivity index (χ1) is 15.5. The zero-order valence-corrected chi connectivity index (χ0v) is 19.5. The molecule has 0 saturated carbocycles. The van der Waals surface area contributed by atoms with Crippen LogP contribution in [0.1, 0.15) is 60.6 Å². The third-order valence-corrected chi connectivity index (χ3v) is 6.69. The molecule has 1 aromatic heterocycles. The number of nitrogens with one attached hydrogen (secondary N) is 1. The molecule has 2 amide bonds. The van der Waals surface area contributed by atoms with Crippen molar-refractivity contribution in [3.8, 4) is 0 Å². The fourth-order valence-corrected chi connectivity index (χ4v) is 4.83. The molecule has 0 radical (unpaired) electrons. The maximum Gasteiger partial charge on any atom is 0.270 e. The monoisotopic (exact) mass is 451 g/mol. The Hall–Kier alpha value is -2.79. The highest BCUT2D eigenvalue weighted by atomic mass is 35.5. The van der Waals surface area contributed by atoms with Crippen LogP contribution in [0.4, 0.5) is 5.69 Å². The number of aromatic nitrogens is 1. The number of fused-ring (bicyclic) bond motifs is 2. The molecule has 0 saturated heterocycles. The van der Waals surface area contributed by atoms with Crippen molar-refractivity contribution in [3.05, 3.63) is 64.3 Å². The summed E-state index contributed by atoms with van der Waals surface area (Å²) in [4.78, 5) is 33.2. The number of amides is 2. The number of carbonyl (C=O) groups excluding carboxylic acids is 2. The van der Waals surface area contributed by atoms with Gasteiger partial charge in [-0.05, 0) is 43.0 Å². The van der Waals surface area contributed by atoms with E-state index in [0.29, 0.717) is 30.4 Å². The van der Waals surface area contributed by atoms with E-state index in [1.807, 2.05) is 59.2 Å². The van der Waals surface area contributed by atoms with Crippen LogP contribution in [-0.4, -0.2) is 34.8 Å². The number of nitrogens with zero attached hydrogens (tertiary/aromatic N) is 2. The third kappa shape index (κ3) is 4.53. The van der Waals surface area contributed by atoms with Gasteiger partial charge in [-0.15, -0.1) is 0 Å². The Kier molecular flexibility index (Phi) is 6.85. The van der Waals surface area contributed by atoms with Gasteiger partial charge in [0.1, 0.15) is 5.69 Å². The standard InChI is InChI=1S/C26H30ClN3O2/c1-18-21-12-10-13-22(27)25(21)28-24(18)26(32)29-15-8-4-3-5-9-16-30(19(2)31)23-14-7-6-11-20(23)17-29/h6-7,10-14,28H,3-5,8-9,15-17H2,1-2H3. The molecular weight excluding hydrogens is 422 g/mol. The highest BCUT2D eigenvalue weighted by molar-refractivity contribution is 6.35. The number of aryl methyl sites for hydroxylation is 1. The summed E-state index contributed by atoms with van der Waals surface area (Å²) in [5.41, 5.74) is 4.18. The van der Waals surface area contributed by atoms with Gasteiger partial charge in [0.05, 0.1) is 10.5 Å². The van der Waals surface area contributed by atoms with Crippen LogP contribution >= 0.6 is 11.6 Å². The minimum absolute atomic E-state index is 0.0315. The van der Waals surface area contributed by atoms with Gasteiger partial charge in [0, 0.05) is 37.6 Å². The molecule has 168 valence electrons. The lowest BCUT2D eigenvalue weighted by molar-refractivity contribution is -0.116. The molecule has 1 N–H and O–H groups in total. The first kappa shape index (κ1) is 22.4. The molecular formula is C26H30ClN3O2. The van der Waals surface area contributed by atoms with E-state index in [1.165, 1.54) is 0 Å². The van der Waals surface area contributed by atoms with Crippen molar-refractivity contribution in [1.29, 1.82) is 0 Å². The first-order valence-corrected chi connectivity index (χ1v) is 11.8. The molecule has 1 aliphatic rings. The summed E-state index contributed by atoms with van der Waals surface area (Å²) in [5.74, 6) is 0.00416. The minimum atomic E-state index is -0.0315. The van der Waals surface area contributed by atoms with E-state index in [-0.39, 0.29) is 11.8 Å². The second-order valence-corrected chi connectivity index (χ2v) is 8.99. The molecule has 0 atom stereocenters. The Morgan fingerprint density at radius 3 is 2.41 bits per heavy atom. The Morgan fingerprint density at radius 1 is 0.938 bits per heavy atom. The molecule has 1 aliphatic heterocycles. The number of hydrogen-bond donors (Lipinski definition) is 1. The average Bonchev–Trinajstić information content (AvgIpc) is 3.11. The smallest absolute Gasteiger partial charge is 0.270 e. The van der Waals surface area contributed by atoms with Gasteiger partial charge in [0.2, 0.25) is 5.91 Å². The van der Waals surface area contributed by atoms with E-state index in [2.05, 4.69) is 4.98 Å². The van der Waals surface area contributed by atoms with Crippen molar-refractivity contribution in [3.63, 3.8) is 0 Å². The topological polar surface area (TPSA) is 56.4 Å². The fourth-order valence-electron chi connectivity index (χ4n) is 4.61. The summed E-state index contributed by atoms with van der Waals surface area (Å²) in [7, 11) is 0. The van der Waals surface area contributed by atoms with Gasteiger partial charge in [0.15, 0.2) is 0 Å². The molecule has 0 spiro atoms. The summed E-state index contributed by atoms with van der Waals surface area (Å²) in [6.07, 6.45) is 5.22. The summed E-state index contributed by atoms with van der Waals surface area (Å²) < 4.78 is 0. The Balaban J connectivity index is 1.72. The molecule has 3 aromatic rings. The zero-order valence-electron chi connectivity index (χ0n) is 18.8. The number of H-pyrrole nitrogens is 1. The molecule has 5 nitrogen and oxygen atoms in total. The summed E-state index contributed by atoms with van der Waals surface area (Å²) >= 11 is 6.37. The molecule has 0 unspecified atom stereocenters. The van der Waals surface area contributed by atoms with E-state index in [0.717, 1.165) is 59.8 Å². The fraction of sp³-hybridized carbons (Fsp3) is 0.385. The van der Waals surface area contributed by atoms with Crippen LogP contribution in [0.3, 0.4) is 0 Å². The van der Waals surface area contributed by atoms with Crippen LogP contribution in [0.25, 0.3) is 10.9 Å². The lowest BCUT2D eigenvalue weighted by Gasteiger charge is -2.29. The number of halogens is 1. The Bertz CT molecular complexity index is 1140. The van der Waals surface area contributed by atoms with Crippen molar-refractivity contribution >= 4 is 40.0 Å². The van der Waals surface area contributed by atoms with Gasteiger partial charge in [0.25, 0.3) is 5.91 Å². The molecule has 4 rings (SSSR count). The summed E-state index contributed by atoms with van der Waals surface area (Å²) in [5, 5.41) is 1.58. The van der Waals surface area contributed by atoms with Crippen LogP contribution in [0.5, 0.6) is 0 Å². The van der Waals surface area contributed by atoms with Crippen LogP contribution in [0.2, 0.25) is 5.02 Å². The lowest BCUT2D eigenvalue weighted by atomic mass is 10.1. The van der Waals surface area contributed by atoms with Gasteiger partial charge in [-0.2, -0.15) is 0 Å². The number of aromatic amines is 1. The molecule has 6 heteroatoms. The van der Waals surface area contributed by atoms with Crippen molar-refractivity contribution < 1.29 is 9.59 Å². The number of hydrogen-bond acceptors (Lipinski definition) is 2. The van der Waals surface area contributed by atoms with E-state index in [1.54, 1.807) is 6.92 Å². The summed E-state index contributed by atoms with van der Waals surface area (Å²) in [6, 6.07) is 13.7. The molecule has 0 bridgehead atoms. The van der Waals surface area contributed by atoms with Crippen LogP contribution in [0, 0.1) is 6.92 Å². The number of benzene rings is 2. The van der Waals surface area contributed by atoms with E-state index in [4.69, 9.17) is 11.6 Å². The van der Waals surface area contributed by atoms with Crippen molar-refractivity contribution in [2.24, 2.45) is 0 Å². The second-order valence-electron chi connectivity index (χ2n) is 8.58. The molecule has 0 fully saturated rings. The van der Waals surface area contributed by atoms with Crippen molar-refractivity contribution in [2.45, 2.75) is 52.5 Å². The first-order valence-electron chi connectivity index (χ1n) is 11.4. The number of rotatable bonds is 1. The highest BCUT2D eigenvalue weighted by Gasteiger charge is 2.24. The maximum absolute atomic E-state index is 13.7. The van der Waals surface area contributed by atoms with E-state index >= 15 is 0 Å². The predicted molar refractivity (Wildman–Crippen MR) is 130 cm³/mol. The zero-order chi connectivity index (χ0) is 22.7. The van der Waals surface area contributed by atoms with Crippen molar-refractivity contribution in [2.75, 3.05) is 18.0 Å². The maximum atomic E-state index is 13.7. The van der Waals surface area contributed by atoms with Crippen molar-refractivity contribution in [1.82, 2.24) is 9.88 Å². The van der Waals surface area contributed by atoms with Gasteiger partial charge in [-0.3, -0.25) is 9.59 Å². The van der Waals surface area contributed by atoms with Crippen LogP contribution in [0.15, 0.2) is 42.5 Å². The van der Waals surface area contributed by atoms with Gasteiger partial charge in [-0.1, -0.05) is 61.2 Å². The second kappa shape index (κ2) is 9.78. The Labute approximate surface area is 194 Å². The normalized spacial score (nSPS) is 15.7. The molecule has 2 heterocycles. The van der Waals surface area contributed by atoms with Crippen LogP contribution < -0.4 is 4.90 Å². The number of para-hydroxylation sites is 2. The average molecular weight is 452 g/mol. The van der Waals surface area contributed by atoms with E-state index in [9.17, 15) is 9.59 Å².